The fourth-order valence-corrected chi connectivity index (χ4v) is 7.45. The predicted octanol–water partition coefficient (Wildman–Crippen LogP) is 11.0. The van der Waals surface area contributed by atoms with Gasteiger partial charge in [-0.2, -0.15) is 0 Å². The van der Waals surface area contributed by atoms with E-state index in [1.807, 2.05) is 0 Å². The molecule has 0 bridgehead atoms. The Morgan fingerprint density at radius 3 is 1.53 bits per heavy atom. The summed E-state index contributed by atoms with van der Waals surface area (Å²) >= 11 is 0. The molecule has 3 aromatic heterocycles. The van der Waals surface area contributed by atoms with Gasteiger partial charge in [0.2, 0.25) is 0 Å². The molecule has 0 saturated heterocycles. The van der Waals surface area contributed by atoms with Crippen molar-refractivity contribution in [1.29, 1.82) is 0 Å². The lowest BCUT2D eigenvalue weighted by molar-refractivity contribution is 1.13. The van der Waals surface area contributed by atoms with Crippen LogP contribution in [0.5, 0.6) is 0 Å². The molecule has 3 heteroatoms. The van der Waals surface area contributed by atoms with E-state index in [1.54, 1.807) is 0 Å². The van der Waals surface area contributed by atoms with Crippen LogP contribution >= 0.6 is 0 Å². The van der Waals surface area contributed by atoms with Crippen LogP contribution in [-0.4, -0.2) is 13.7 Å². The van der Waals surface area contributed by atoms with Gasteiger partial charge in [0.1, 0.15) is 0 Å². The molecule has 10 rings (SSSR count). The molecule has 3 nitrogen and oxygen atoms in total. The van der Waals surface area contributed by atoms with E-state index in [0.29, 0.717) is 0 Å². The van der Waals surface area contributed by atoms with Gasteiger partial charge in [0.05, 0.1) is 27.6 Å². The zero-order valence-electron chi connectivity index (χ0n) is 24.4. The molecule has 0 aliphatic rings. The molecule has 210 valence electrons. The van der Waals surface area contributed by atoms with Crippen LogP contribution in [0.15, 0.2) is 164 Å². The van der Waals surface area contributed by atoms with E-state index in [0.717, 1.165) is 11.4 Å². The van der Waals surface area contributed by atoms with Crippen LogP contribution < -0.4 is 0 Å². The largest absolute Gasteiger partial charge is 0.317 e. The van der Waals surface area contributed by atoms with Crippen molar-refractivity contribution in [3.05, 3.63) is 164 Å². The minimum atomic E-state index is 1.15. The normalized spacial score (nSPS) is 12.0. The highest BCUT2D eigenvalue weighted by molar-refractivity contribution is 6.20. The van der Waals surface area contributed by atoms with Crippen molar-refractivity contribution in [2.24, 2.45) is 0 Å². The Bertz CT molecular complexity index is 2690. The highest BCUT2D eigenvalue weighted by Crippen LogP contribution is 2.39. The quantitative estimate of drug-likeness (QED) is 0.200. The van der Waals surface area contributed by atoms with Crippen LogP contribution in [0.2, 0.25) is 0 Å². The molecule has 0 spiro atoms. The third-order valence-corrected chi connectivity index (χ3v) is 9.44. The molecular formula is C42H27N3. The van der Waals surface area contributed by atoms with Gasteiger partial charge in [-0.1, -0.05) is 84.9 Å². The van der Waals surface area contributed by atoms with Crippen molar-refractivity contribution < 1.29 is 0 Å². The molecular weight excluding hydrogens is 546 g/mol. The molecule has 0 radical (unpaired) electrons. The minimum Gasteiger partial charge on any atom is -0.317 e. The monoisotopic (exact) mass is 573 g/mol. The number of hydrogen-bond acceptors (Lipinski definition) is 0. The second-order valence-corrected chi connectivity index (χ2v) is 11.9. The average Bonchev–Trinajstić information content (AvgIpc) is 3.78. The van der Waals surface area contributed by atoms with Crippen molar-refractivity contribution in [3.8, 4) is 17.1 Å². The summed E-state index contributed by atoms with van der Waals surface area (Å²) in [5.74, 6) is 0. The maximum atomic E-state index is 2.45. The van der Waals surface area contributed by atoms with E-state index >= 15 is 0 Å². The first-order chi connectivity index (χ1) is 22.3. The second-order valence-electron chi connectivity index (χ2n) is 11.9. The number of nitrogens with zero attached hydrogens (tertiary/aromatic N) is 3. The van der Waals surface area contributed by atoms with Gasteiger partial charge >= 0.3 is 0 Å². The van der Waals surface area contributed by atoms with E-state index in [1.165, 1.54) is 71.0 Å². The van der Waals surface area contributed by atoms with Crippen molar-refractivity contribution in [2.75, 3.05) is 0 Å². The SMILES string of the molecule is c1ccc(-n2ccc3cc4c(ccc5c6ccccc6n(-c6ccc(-n7c8ccccc8c8ccccc87)cc6)c45)cc32)cc1. The summed E-state index contributed by atoms with van der Waals surface area (Å²) < 4.78 is 7.11. The Balaban J connectivity index is 1.21. The lowest BCUT2D eigenvalue weighted by Gasteiger charge is -2.13. The number of hydrogen-bond donors (Lipinski definition) is 0. The summed E-state index contributed by atoms with van der Waals surface area (Å²) in [7, 11) is 0. The zero-order chi connectivity index (χ0) is 29.5. The molecule has 0 unspecified atom stereocenters. The first-order valence-corrected chi connectivity index (χ1v) is 15.4. The second kappa shape index (κ2) is 9.22. The highest BCUT2D eigenvalue weighted by atomic mass is 15.0. The number of benzene rings is 7. The molecule has 45 heavy (non-hydrogen) atoms. The smallest absolute Gasteiger partial charge is 0.0619 e. The van der Waals surface area contributed by atoms with Gasteiger partial charge in [0.15, 0.2) is 0 Å². The average molecular weight is 574 g/mol. The first kappa shape index (κ1) is 24.4. The third kappa shape index (κ3) is 3.46. The molecule has 0 fully saturated rings. The topological polar surface area (TPSA) is 14.8 Å². The Labute approximate surface area is 259 Å². The third-order valence-electron chi connectivity index (χ3n) is 9.44. The molecule has 0 N–H and O–H groups in total. The summed E-state index contributed by atoms with van der Waals surface area (Å²) in [5.41, 5.74) is 9.60. The van der Waals surface area contributed by atoms with Crippen molar-refractivity contribution in [1.82, 2.24) is 13.7 Å². The Kier molecular flexibility index (Phi) is 5.00. The van der Waals surface area contributed by atoms with Crippen molar-refractivity contribution in [2.45, 2.75) is 0 Å². The Hall–Kier alpha value is -6.06. The van der Waals surface area contributed by atoms with Crippen LogP contribution in [-0.2, 0) is 0 Å². The fraction of sp³-hybridized carbons (Fsp3) is 0. The van der Waals surface area contributed by atoms with Gasteiger partial charge in [-0.25, -0.2) is 0 Å². The lowest BCUT2D eigenvalue weighted by Crippen LogP contribution is -1.97. The fourth-order valence-electron chi connectivity index (χ4n) is 7.45. The van der Waals surface area contributed by atoms with Gasteiger partial charge in [-0.3, -0.25) is 0 Å². The molecule has 0 aliphatic carbocycles. The Morgan fingerprint density at radius 1 is 0.311 bits per heavy atom. The number of para-hydroxylation sites is 4. The Morgan fingerprint density at radius 2 is 0.867 bits per heavy atom. The molecule has 10 aromatic rings. The van der Waals surface area contributed by atoms with E-state index in [4.69, 9.17) is 0 Å². The summed E-state index contributed by atoms with van der Waals surface area (Å²) in [5, 5.41) is 8.81. The van der Waals surface area contributed by atoms with E-state index in [9.17, 15) is 0 Å². The van der Waals surface area contributed by atoms with Gasteiger partial charge in [-0.05, 0) is 78.2 Å². The maximum absolute atomic E-state index is 2.45. The lowest BCUT2D eigenvalue weighted by atomic mass is 10.0. The summed E-state index contributed by atoms with van der Waals surface area (Å²) in [6.45, 7) is 0. The van der Waals surface area contributed by atoms with Gasteiger partial charge in [-0.15, -0.1) is 0 Å². The van der Waals surface area contributed by atoms with Crippen molar-refractivity contribution in [3.63, 3.8) is 0 Å². The first-order valence-electron chi connectivity index (χ1n) is 15.4. The molecule has 0 aliphatic heterocycles. The minimum absolute atomic E-state index is 1.15. The molecule has 0 saturated carbocycles. The predicted molar refractivity (Wildman–Crippen MR) is 189 cm³/mol. The molecule has 3 heterocycles. The van der Waals surface area contributed by atoms with Crippen LogP contribution in [0.3, 0.4) is 0 Å². The number of aromatic nitrogens is 3. The van der Waals surface area contributed by atoms with Gasteiger partial charge < -0.3 is 13.7 Å². The van der Waals surface area contributed by atoms with Crippen LogP contribution in [0.4, 0.5) is 0 Å². The summed E-state index contributed by atoms with van der Waals surface area (Å²) in [4.78, 5) is 0. The highest BCUT2D eigenvalue weighted by Gasteiger charge is 2.17. The van der Waals surface area contributed by atoms with Gasteiger partial charge in [0.25, 0.3) is 0 Å². The maximum Gasteiger partial charge on any atom is 0.0619 e. The number of rotatable bonds is 3. The van der Waals surface area contributed by atoms with Crippen LogP contribution in [0.25, 0.3) is 82.3 Å². The van der Waals surface area contributed by atoms with Crippen LogP contribution in [0.1, 0.15) is 0 Å². The van der Waals surface area contributed by atoms with Gasteiger partial charge in [0, 0.05) is 55.6 Å². The number of fused-ring (bicyclic) bond motifs is 9. The zero-order valence-corrected chi connectivity index (χ0v) is 24.4. The van der Waals surface area contributed by atoms with Crippen molar-refractivity contribution >= 4 is 65.3 Å². The van der Waals surface area contributed by atoms with Crippen LogP contribution in [0, 0.1) is 0 Å². The summed E-state index contributed by atoms with van der Waals surface area (Å²) in [6, 6.07) is 57.3. The molecule has 7 aromatic carbocycles. The molecule has 0 amide bonds. The summed E-state index contributed by atoms with van der Waals surface area (Å²) in [6.07, 6.45) is 2.18. The van der Waals surface area contributed by atoms with E-state index < -0.39 is 0 Å². The molecule has 0 atom stereocenters. The van der Waals surface area contributed by atoms with E-state index in [2.05, 4.69) is 178 Å². The standard InChI is InChI=1S/C42H27N3/c1-2-10-30(11-3-1)43-25-24-29-26-37-28(27-41(29)43)18-23-36-35-14-6-9-17-40(35)45(42(36)37)32-21-19-31(20-22-32)44-38-15-7-4-12-33(38)34-13-5-8-16-39(34)44/h1-27H. The van der Waals surface area contributed by atoms with E-state index in [-0.39, 0.29) is 0 Å².